The topological polar surface area (TPSA) is 98.4 Å². The quantitative estimate of drug-likeness (QED) is 0.408. The highest BCUT2D eigenvalue weighted by Crippen LogP contribution is 2.38. The van der Waals surface area contributed by atoms with Gasteiger partial charge in [0.15, 0.2) is 11.5 Å². The van der Waals surface area contributed by atoms with E-state index in [9.17, 15) is 4.79 Å². The number of nitrogens with one attached hydrogen (secondary N) is 1. The van der Waals surface area contributed by atoms with Gasteiger partial charge in [-0.1, -0.05) is 24.3 Å². The van der Waals surface area contributed by atoms with Gasteiger partial charge >= 0.3 is 0 Å². The number of fused-ring (bicyclic) bond motifs is 1. The maximum atomic E-state index is 13.2. The summed E-state index contributed by atoms with van der Waals surface area (Å²) in [5.41, 5.74) is 3.80. The van der Waals surface area contributed by atoms with E-state index in [0.29, 0.717) is 34.9 Å². The molecule has 0 aliphatic heterocycles. The summed E-state index contributed by atoms with van der Waals surface area (Å²) in [6, 6.07) is 20.3. The van der Waals surface area contributed by atoms with Crippen molar-refractivity contribution in [3.05, 3.63) is 83.2 Å². The molecule has 4 aromatic rings. The summed E-state index contributed by atoms with van der Waals surface area (Å²) in [5, 5.41) is 12.1. The Hall–Kier alpha value is -4.51. The van der Waals surface area contributed by atoms with E-state index in [-0.39, 0.29) is 5.91 Å². The van der Waals surface area contributed by atoms with Crippen LogP contribution in [0, 0.1) is 11.3 Å². The van der Waals surface area contributed by atoms with E-state index in [0.717, 1.165) is 22.4 Å². The van der Waals surface area contributed by atoms with Crippen LogP contribution in [0.2, 0.25) is 0 Å². The first-order valence-corrected chi connectivity index (χ1v) is 11.0. The molecule has 0 saturated carbocycles. The van der Waals surface area contributed by atoms with Crippen LogP contribution in [0.5, 0.6) is 17.2 Å². The standard InChI is InChI=1S/C27H26N4O4/c1-17(29-27(32)20-13-23(33-2)25(35-4)24(14-20)34-3)26-30-21-7-5-6-8-22(21)31(26)16-19-11-9-18(15-28)10-12-19/h5-14,17H,16H2,1-4H3,(H,29,32)/t17-/m0/s1. The predicted octanol–water partition coefficient (Wildman–Crippen LogP) is 4.47. The van der Waals surface area contributed by atoms with Crippen molar-refractivity contribution >= 4 is 16.9 Å². The van der Waals surface area contributed by atoms with Gasteiger partial charge in [0.2, 0.25) is 5.75 Å². The first-order chi connectivity index (χ1) is 17.0. The van der Waals surface area contributed by atoms with Gasteiger partial charge in [0, 0.05) is 12.1 Å². The number of hydrogen-bond donors (Lipinski definition) is 1. The predicted molar refractivity (Wildman–Crippen MR) is 132 cm³/mol. The van der Waals surface area contributed by atoms with Gasteiger partial charge in [-0.3, -0.25) is 4.79 Å². The molecule has 0 radical (unpaired) electrons. The molecular weight excluding hydrogens is 444 g/mol. The Bertz CT molecular complexity index is 1380. The molecule has 1 atom stereocenters. The molecule has 1 aromatic heterocycles. The smallest absolute Gasteiger partial charge is 0.252 e. The largest absolute Gasteiger partial charge is 0.493 e. The van der Waals surface area contributed by atoms with Gasteiger partial charge in [0.05, 0.1) is 50.0 Å². The van der Waals surface area contributed by atoms with Gasteiger partial charge in [0.1, 0.15) is 5.82 Å². The Morgan fingerprint density at radius 3 is 2.29 bits per heavy atom. The normalized spacial score (nSPS) is 11.5. The van der Waals surface area contributed by atoms with Crippen LogP contribution < -0.4 is 19.5 Å². The van der Waals surface area contributed by atoms with E-state index in [1.807, 2.05) is 43.3 Å². The number of nitriles is 1. The molecule has 0 aliphatic carbocycles. The van der Waals surface area contributed by atoms with Crippen LogP contribution in [-0.4, -0.2) is 36.8 Å². The second-order valence-corrected chi connectivity index (χ2v) is 7.96. The number of imidazole rings is 1. The molecule has 8 heteroatoms. The van der Waals surface area contributed by atoms with Crippen LogP contribution in [0.15, 0.2) is 60.7 Å². The molecule has 0 bridgehead atoms. The fraction of sp³-hybridized carbons (Fsp3) is 0.222. The highest BCUT2D eigenvalue weighted by Gasteiger charge is 2.22. The van der Waals surface area contributed by atoms with Crippen molar-refractivity contribution in [3.63, 3.8) is 0 Å². The lowest BCUT2D eigenvalue weighted by Crippen LogP contribution is -2.29. The first kappa shape index (κ1) is 23.6. The Morgan fingerprint density at radius 2 is 1.69 bits per heavy atom. The molecule has 0 unspecified atom stereocenters. The highest BCUT2D eigenvalue weighted by molar-refractivity contribution is 5.96. The monoisotopic (exact) mass is 470 g/mol. The van der Waals surface area contributed by atoms with Gasteiger partial charge < -0.3 is 24.1 Å². The zero-order valence-corrected chi connectivity index (χ0v) is 20.0. The van der Waals surface area contributed by atoms with Crippen LogP contribution in [0.4, 0.5) is 0 Å². The van der Waals surface area contributed by atoms with E-state index >= 15 is 0 Å². The van der Waals surface area contributed by atoms with E-state index in [2.05, 4.69) is 16.0 Å². The summed E-state index contributed by atoms with van der Waals surface area (Å²) in [4.78, 5) is 18.0. The van der Waals surface area contributed by atoms with E-state index < -0.39 is 6.04 Å². The Kier molecular flexibility index (Phi) is 6.88. The number of hydrogen-bond acceptors (Lipinski definition) is 6. The van der Waals surface area contributed by atoms with Crippen LogP contribution in [-0.2, 0) is 6.54 Å². The highest BCUT2D eigenvalue weighted by atomic mass is 16.5. The molecule has 0 spiro atoms. The van der Waals surface area contributed by atoms with Crippen molar-refractivity contribution in [3.8, 4) is 23.3 Å². The third-order valence-corrected chi connectivity index (χ3v) is 5.77. The molecule has 1 N–H and O–H groups in total. The second kappa shape index (κ2) is 10.2. The minimum absolute atomic E-state index is 0.297. The average molecular weight is 471 g/mol. The minimum atomic E-state index is -0.396. The van der Waals surface area contributed by atoms with E-state index in [1.165, 1.54) is 21.3 Å². The van der Waals surface area contributed by atoms with Gasteiger partial charge in [-0.05, 0) is 48.9 Å². The zero-order valence-electron chi connectivity index (χ0n) is 20.0. The van der Waals surface area contributed by atoms with Crippen molar-refractivity contribution in [1.82, 2.24) is 14.9 Å². The van der Waals surface area contributed by atoms with Crippen molar-refractivity contribution < 1.29 is 19.0 Å². The zero-order chi connectivity index (χ0) is 24.9. The molecule has 0 saturated heterocycles. The van der Waals surface area contributed by atoms with E-state index in [1.54, 1.807) is 24.3 Å². The third kappa shape index (κ3) is 4.75. The number of carbonyl (C=O) groups excluding carboxylic acids is 1. The van der Waals surface area contributed by atoms with Crippen molar-refractivity contribution in [2.75, 3.05) is 21.3 Å². The molecule has 178 valence electrons. The summed E-state index contributed by atoms with van der Waals surface area (Å²) < 4.78 is 18.2. The van der Waals surface area contributed by atoms with Crippen molar-refractivity contribution in [2.24, 2.45) is 0 Å². The molecule has 3 aromatic carbocycles. The van der Waals surface area contributed by atoms with Gasteiger partial charge in [-0.2, -0.15) is 5.26 Å². The number of rotatable bonds is 8. The lowest BCUT2D eigenvalue weighted by Gasteiger charge is -2.18. The Labute approximate surface area is 203 Å². The summed E-state index contributed by atoms with van der Waals surface area (Å²) in [5.74, 6) is 1.64. The number of ether oxygens (including phenoxy) is 3. The van der Waals surface area contributed by atoms with Crippen LogP contribution in [0.25, 0.3) is 11.0 Å². The number of nitrogens with zero attached hydrogens (tertiary/aromatic N) is 3. The number of carbonyl (C=O) groups is 1. The lowest BCUT2D eigenvalue weighted by molar-refractivity contribution is 0.0937. The number of amides is 1. The molecule has 8 nitrogen and oxygen atoms in total. The Morgan fingerprint density at radius 1 is 1.03 bits per heavy atom. The average Bonchev–Trinajstić information content (AvgIpc) is 3.26. The minimum Gasteiger partial charge on any atom is -0.493 e. The van der Waals surface area contributed by atoms with Gasteiger partial charge in [0.25, 0.3) is 5.91 Å². The SMILES string of the molecule is COc1cc(C(=O)N[C@@H](C)c2nc3ccccc3n2Cc2ccc(C#N)cc2)cc(OC)c1OC. The number of benzene rings is 3. The summed E-state index contributed by atoms with van der Waals surface area (Å²) in [6.07, 6.45) is 0. The molecule has 0 aliphatic rings. The molecule has 1 amide bonds. The van der Waals surface area contributed by atoms with E-state index in [4.69, 9.17) is 24.5 Å². The van der Waals surface area contributed by atoms with Gasteiger partial charge in [-0.15, -0.1) is 0 Å². The van der Waals surface area contributed by atoms with Crippen LogP contribution in [0.1, 0.15) is 40.3 Å². The van der Waals surface area contributed by atoms with Crippen molar-refractivity contribution in [1.29, 1.82) is 5.26 Å². The molecule has 1 heterocycles. The lowest BCUT2D eigenvalue weighted by atomic mass is 10.1. The Balaban J connectivity index is 1.66. The first-order valence-electron chi connectivity index (χ1n) is 11.0. The molecule has 4 rings (SSSR count). The fourth-order valence-electron chi connectivity index (χ4n) is 4.01. The van der Waals surface area contributed by atoms with Crippen LogP contribution >= 0.6 is 0 Å². The fourth-order valence-corrected chi connectivity index (χ4v) is 4.01. The molecular formula is C27H26N4O4. The number of aromatic nitrogens is 2. The van der Waals surface area contributed by atoms with Crippen molar-refractivity contribution in [2.45, 2.75) is 19.5 Å². The molecule has 35 heavy (non-hydrogen) atoms. The summed E-state index contributed by atoms with van der Waals surface area (Å²) in [7, 11) is 4.53. The van der Waals surface area contributed by atoms with Gasteiger partial charge in [-0.25, -0.2) is 4.98 Å². The maximum Gasteiger partial charge on any atom is 0.252 e. The molecule has 0 fully saturated rings. The van der Waals surface area contributed by atoms with Crippen LogP contribution in [0.3, 0.4) is 0 Å². The number of methoxy groups -OCH3 is 3. The third-order valence-electron chi connectivity index (χ3n) is 5.77. The second-order valence-electron chi connectivity index (χ2n) is 7.96. The number of para-hydroxylation sites is 2. The summed E-state index contributed by atoms with van der Waals surface area (Å²) in [6.45, 7) is 2.44. The summed E-state index contributed by atoms with van der Waals surface area (Å²) >= 11 is 0. The maximum absolute atomic E-state index is 13.2.